The van der Waals surface area contributed by atoms with E-state index in [1.807, 2.05) is 31.2 Å². The van der Waals surface area contributed by atoms with Gasteiger partial charge < -0.3 is 14.6 Å². The first-order chi connectivity index (χ1) is 8.85. The van der Waals surface area contributed by atoms with Gasteiger partial charge in [0.2, 0.25) is 0 Å². The molecule has 0 unspecified atom stereocenters. The molecule has 1 aromatic carbocycles. The molecule has 1 heterocycles. The van der Waals surface area contributed by atoms with Crippen molar-refractivity contribution in [1.82, 2.24) is 4.90 Å². The lowest BCUT2D eigenvalue weighted by molar-refractivity contribution is 0.00258. The Labute approximate surface area is 108 Å². The first-order valence-electron chi connectivity index (χ1n) is 6.50. The maximum absolute atomic E-state index is 9.59. The molecule has 0 bridgehead atoms. The topological polar surface area (TPSA) is 41.9 Å². The standard InChI is InChI=1S/C14H21NO3/c1-2-18-13-5-3-12(4-6-13)14(11-16)15-7-9-17-10-8-15/h3-6,14,16H,2,7-11H2,1H3/t14-/m1/s1. The summed E-state index contributed by atoms with van der Waals surface area (Å²) in [5.74, 6) is 0.875. The van der Waals surface area contributed by atoms with Gasteiger partial charge in [-0.25, -0.2) is 0 Å². The van der Waals surface area contributed by atoms with Crippen LogP contribution < -0.4 is 4.74 Å². The van der Waals surface area contributed by atoms with Crippen molar-refractivity contribution in [3.63, 3.8) is 0 Å². The second-order valence-corrected chi connectivity index (χ2v) is 4.35. The van der Waals surface area contributed by atoms with Gasteiger partial charge in [0, 0.05) is 13.1 Å². The zero-order valence-corrected chi connectivity index (χ0v) is 10.8. The van der Waals surface area contributed by atoms with Crippen molar-refractivity contribution >= 4 is 0 Å². The third-order valence-electron chi connectivity index (χ3n) is 3.24. The van der Waals surface area contributed by atoms with Crippen molar-refractivity contribution in [3.8, 4) is 5.75 Å². The molecule has 1 saturated heterocycles. The molecular weight excluding hydrogens is 230 g/mol. The predicted octanol–water partition coefficient (Wildman–Crippen LogP) is 1.45. The lowest BCUT2D eigenvalue weighted by Gasteiger charge is -2.33. The van der Waals surface area contributed by atoms with Gasteiger partial charge >= 0.3 is 0 Å². The fraction of sp³-hybridized carbons (Fsp3) is 0.571. The first kappa shape index (κ1) is 13.3. The normalized spacial score (nSPS) is 18.6. The highest BCUT2D eigenvalue weighted by Gasteiger charge is 2.21. The molecular formula is C14H21NO3. The van der Waals surface area contributed by atoms with Gasteiger partial charge in [-0.3, -0.25) is 4.90 Å². The van der Waals surface area contributed by atoms with Gasteiger partial charge in [0.15, 0.2) is 0 Å². The van der Waals surface area contributed by atoms with Crippen LogP contribution in [0.3, 0.4) is 0 Å². The fourth-order valence-electron chi connectivity index (χ4n) is 2.27. The number of benzene rings is 1. The molecule has 0 saturated carbocycles. The Kier molecular flexibility index (Phi) is 4.99. The van der Waals surface area contributed by atoms with E-state index in [4.69, 9.17) is 9.47 Å². The van der Waals surface area contributed by atoms with Crippen molar-refractivity contribution in [3.05, 3.63) is 29.8 Å². The molecule has 18 heavy (non-hydrogen) atoms. The molecule has 4 heteroatoms. The summed E-state index contributed by atoms with van der Waals surface area (Å²) in [4.78, 5) is 2.26. The van der Waals surface area contributed by atoms with Crippen LogP contribution in [0.4, 0.5) is 0 Å². The van der Waals surface area contributed by atoms with E-state index in [-0.39, 0.29) is 12.6 Å². The molecule has 1 aliphatic rings. The number of hydrogen-bond acceptors (Lipinski definition) is 4. The summed E-state index contributed by atoms with van der Waals surface area (Å²) in [6.07, 6.45) is 0. The number of morpholine rings is 1. The summed E-state index contributed by atoms with van der Waals surface area (Å²) in [6, 6.07) is 8.04. The zero-order valence-electron chi connectivity index (χ0n) is 10.8. The number of hydrogen-bond donors (Lipinski definition) is 1. The van der Waals surface area contributed by atoms with E-state index in [0.717, 1.165) is 37.6 Å². The minimum absolute atomic E-state index is 0.0598. The zero-order chi connectivity index (χ0) is 12.8. The summed E-state index contributed by atoms with van der Waals surface area (Å²) in [6.45, 7) is 6.01. The average Bonchev–Trinajstić information content (AvgIpc) is 2.43. The van der Waals surface area contributed by atoms with Crippen LogP contribution in [0.15, 0.2) is 24.3 Å². The SMILES string of the molecule is CCOc1ccc([C@@H](CO)N2CCOCC2)cc1. The minimum Gasteiger partial charge on any atom is -0.494 e. The number of aliphatic hydroxyl groups excluding tert-OH is 1. The largest absolute Gasteiger partial charge is 0.494 e. The summed E-state index contributed by atoms with van der Waals surface area (Å²) in [5, 5.41) is 9.59. The van der Waals surface area contributed by atoms with Gasteiger partial charge in [-0.1, -0.05) is 12.1 Å². The minimum atomic E-state index is 0.0598. The lowest BCUT2D eigenvalue weighted by atomic mass is 10.1. The second-order valence-electron chi connectivity index (χ2n) is 4.35. The van der Waals surface area contributed by atoms with E-state index in [1.165, 1.54) is 0 Å². The Hall–Kier alpha value is -1.10. The molecule has 1 fully saturated rings. The maximum Gasteiger partial charge on any atom is 0.119 e. The predicted molar refractivity (Wildman–Crippen MR) is 69.8 cm³/mol. The summed E-state index contributed by atoms with van der Waals surface area (Å²) in [7, 11) is 0. The van der Waals surface area contributed by atoms with Crippen molar-refractivity contribution < 1.29 is 14.6 Å². The third-order valence-corrected chi connectivity index (χ3v) is 3.24. The van der Waals surface area contributed by atoms with Crippen LogP contribution in [0, 0.1) is 0 Å². The molecule has 1 aromatic rings. The molecule has 1 N–H and O–H groups in total. The number of aliphatic hydroxyl groups is 1. The van der Waals surface area contributed by atoms with E-state index < -0.39 is 0 Å². The number of ether oxygens (including phenoxy) is 2. The molecule has 0 amide bonds. The van der Waals surface area contributed by atoms with E-state index in [0.29, 0.717) is 6.61 Å². The first-order valence-corrected chi connectivity index (χ1v) is 6.50. The van der Waals surface area contributed by atoms with E-state index in [9.17, 15) is 5.11 Å². The molecule has 1 atom stereocenters. The van der Waals surface area contributed by atoms with Crippen LogP contribution in [0.25, 0.3) is 0 Å². The van der Waals surface area contributed by atoms with Gasteiger partial charge in [0.05, 0.1) is 32.5 Å². The number of rotatable bonds is 5. The smallest absolute Gasteiger partial charge is 0.119 e. The lowest BCUT2D eigenvalue weighted by Crippen LogP contribution is -2.40. The molecule has 0 radical (unpaired) electrons. The fourth-order valence-corrected chi connectivity index (χ4v) is 2.27. The third kappa shape index (κ3) is 3.22. The summed E-state index contributed by atoms with van der Waals surface area (Å²) < 4.78 is 10.8. The molecule has 2 rings (SSSR count). The highest BCUT2D eigenvalue weighted by molar-refractivity contribution is 5.29. The summed E-state index contributed by atoms with van der Waals surface area (Å²) >= 11 is 0. The van der Waals surface area contributed by atoms with Crippen molar-refractivity contribution in [2.45, 2.75) is 13.0 Å². The molecule has 100 valence electrons. The van der Waals surface area contributed by atoms with Crippen molar-refractivity contribution in [2.75, 3.05) is 39.5 Å². The Bertz CT molecular complexity index is 347. The Morgan fingerprint density at radius 1 is 1.28 bits per heavy atom. The Morgan fingerprint density at radius 3 is 2.50 bits per heavy atom. The van der Waals surface area contributed by atoms with E-state index in [1.54, 1.807) is 0 Å². The van der Waals surface area contributed by atoms with Gasteiger partial charge in [0.1, 0.15) is 5.75 Å². The molecule has 4 nitrogen and oxygen atoms in total. The Morgan fingerprint density at radius 2 is 1.94 bits per heavy atom. The maximum atomic E-state index is 9.59. The Balaban J connectivity index is 2.06. The van der Waals surface area contributed by atoms with E-state index in [2.05, 4.69) is 4.90 Å². The van der Waals surface area contributed by atoms with Crippen LogP contribution in [0.2, 0.25) is 0 Å². The molecule has 0 aromatic heterocycles. The van der Waals surface area contributed by atoms with Crippen molar-refractivity contribution in [2.24, 2.45) is 0 Å². The highest BCUT2D eigenvalue weighted by Crippen LogP contribution is 2.23. The van der Waals surface area contributed by atoms with Gasteiger partial charge in [-0.05, 0) is 24.6 Å². The van der Waals surface area contributed by atoms with Crippen LogP contribution >= 0.6 is 0 Å². The van der Waals surface area contributed by atoms with Crippen molar-refractivity contribution in [1.29, 1.82) is 0 Å². The van der Waals surface area contributed by atoms with Crippen LogP contribution in [-0.2, 0) is 4.74 Å². The van der Waals surface area contributed by atoms with Crippen LogP contribution in [0.5, 0.6) is 5.75 Å². The van der Waals surface area contributed by atoms with Gasteiger partial charge in [0.25, 0.3) is 0 Å². The summed E-state index contributed by atoms with van der Waals surface area (Å²) in [5.41, 5.74) is 1.13. The molecule has 0 aliphatic carbocycles. The van der Waals surface area contributed by atoms with Gasteiger partial charge in [-0.15, -0.1) is 0 Å². The molecule has 0 spiro atoms. The quantitative estimate of drug-likeness (QED) is 0.860. The van der Waals surface area contributed by atoms with Crippen LogP contribution in [0.1, 0.15) is 18.5 Å². The van der Waals surface area contributed by atoms with Crippen LogP contribution in [-0.4, -0.2) is 49.5 Å². The average molecular weight is 251 g/mol. The number of nitrogens with zero attached hydrogens (tertiary/aromatic N) is 1. The second kappa shape index (κ2) is 6.73. The highest BCUT2D eigenvalue weighted by atomic mass is 16.5. The van der Waals surface area contributed by atoms with Gasteiger partial charge in [-0.2, -0.15) is 0 Å². The molecule has 1 aliphatic heterocycles. The van der Waals surface area contributed by atoms with E-state index >= 15 is 0 Å². The monoisotopic (exact) mass is 251 g/mol.